The van der Waals surface area contributed by atoms with Gasteiger partial charge in [0.05, 0.1) is 0 Å². The van der Waals surface area contributed by atoms with Gasteiger partial charge in [0.15, 0.2) is 0 Å². The molecule has 1 aliphatic heterocycles. The number of carbonyl (C=O) groups is 1. The van der Waals surface area contributed by atoms with Crippen LogP contribution in [0.3, 0.4) is 0 Å². The number of nitrogens with two attached hydrogens (primary N) is 1. The molecule has 0 aromatic heterocycles. The minimum atomic E-state index is -0.485. The highest BCUT2D eigenvalue weighted by Crippen LogP contribution is 2.05. The smallest absolute Gasteiger partial charge is 0.241 e. The van der Waals surface area contributed by atoms with Crippen molar-refractivity contribution in [2.45, 2.75) is 11.5 Å². The first-order valence-corrected chi connectivity index (χ1v) is 2.35. The Morgan fingerprint density at radius 3 is 2.43 bits per heavy atom. The molecule has 2 atom stereocenters. The number of alkyl halides is 1. The molecule has 0 saturated carbocycles. The van der Waals surface area contributed by atoms with Crippen LogP contribution in [0.4, 0.5) is 0 Å². The monoisotopic (exact) mass is 120 g/mol. The Labute approximate surface area is 45.8 Å². The van der Waals surface area contributed by atoms with E-state index in [-0.39, 0.29) is 11.4 Å². The van der Waals surface area contributed by atoms with Crippen LogP contribution in [0, 0.1) is 0 Å². The summed E-state index contributed by atoms with van der Waals surface area (Å²) in [4.78, 5) is 10.1. The quantitative estimate of drug-likeness (QED) is 0.245. The van der Waals surface area contributed by atoms with Crippen LogP contribution in [0.15, 0.2) is 0 Å². The first-order valence-electron chi connectivity index (χ1n) is 1.92. The Morgan fingerprint density at radius 1 is 1.86 bits per heavy atom. The standard InChI is InChI=1S/C3H5ClN2O/c4-2-1(5)3(7)6-2/h1-2H,5H2,(H,6,7). The molecule has 0 aliphatic carbocycles. The van der Waals surface area contributed by atoms with Gasteiger partial charge in [0.1, 0.15) is 11.5 Å². The van der Waals surface area contributed by atoms with E-state index in [4.69, 9.17) is 17.3 Å². The lowest BCUT2D eigenvalue weighted by atomic mass is 10.2. The zero-order chi connectivity index (χ0) is 5.44. The van der Waals surface area contributed by atoms with Gasteiger partial charge >= 0.3 is 0 Å². The fourth-order valence-electron chi connectivity index (χ4n) is 0.359. The van der Waals surface area contributed by atoms with Crippen molar-refractivity contribution in [3.63, 3.8) is 0 Å². The van der Waals surface area contributed by atoms with Gasteiger partial charge in [0.25, 0.3) is 0 Å². The summed E-state index contributed by atoms with van der Waals surface area (Å²) in [6, 6.07) is -0.485. The normalized spacial score (nSPS) is 39.4. The molecule has 1 heterocycles. The first kappa shape index (κ1) is 4.87. The summed E-state index contributed by atoms with van der Waals surface area (Å²) < 4.78 is 0. The molecule has 0 spiro atoms. The number of β-lactam (4-membered cyclic amide) rings is 1. The molecule has 0 bridgehead atoms. The summed E-state index contributed by atoms with van der Waals surface area (Å²) in [6.07, 6.45) is 0. The summed E-state index contributed by atoms with van der Waals surface area (Å²) in [7, 11) is 0. The van der Waals surface area contributed by atoms with E-state index in [0.717, 1.165) is 0 Å². The Morgan fingerprint density at radius 2 is 2.43 bits per heavy atom. The van der Waals surface area contributed by atoms with Gasteiger partial charge in [-0.2, -0.15) is 0 Å². The molecule has 3 N–H and O–H groups in total. The molecule has 0 aromatic carbocycles. The van der Waals surface area contributed by atoms with Crippen LogP contribution in [0.5, 0.6) is 0 Å². The van der Waals surface area contributed by atoms with Crippen LogP contribution >= 0.6 is 11.6 Å². The molecule has 0 radical (unpaired) electrons. The molecule has 0 aromatic rings. The lowest BCUT2D eigenvalue weighted by molar-refractivity contribution is -0.128. The van der Waals surface area contributed by atoms with Gasteiger partial charge in [0.2, 0.25) is 5.91 Å². The van der Waals surface area contributed by atoms with Crippen LogP contribution in [0.25, 0.3) is 0 Å². The van der Waals surface area contributed by atoms with Gasteiger partial charge in [-0.05, 0) is 0 Å². The fraction of sp³-hybridized carbons (Fsp3) is 0.667. The molecule has 1 rings (SSSR count). The number of nitrogens with one attached hydrogen (secondary N) is 1. The molecule has 3 nitrogen and oxygen atoms in total. The van der Waals surface area contributed by atoms with Crippen molar-refractivity contribution in [2.75, 3.05) is 0 Å². The van der Waals surface area contributed by atoms with E-state index in [0.29, 0.717) is 0 Å². The van der Waals surface area contributed by atoms with Crippen molar-refractivity contribution < 1.29 is 4.79 Å². The van der Waals surface area contributed by atoms with E-state index in [9.17, 15) is 4.79 Å². The van der Waals surface area contributed by atoms with E-state index in [1.807, 2.05) is 0 Å². The van der Waals surface area contributed by atoms with Crippen molar-refractivity contribution >= 4 is 17.5 Å². The van der Waals surface area contributed by atoms with Gasteiger partial charge in [-0.25, -0.2) is 0 Å². The molecule has 2 unspecified atom stereocenters. The highest BCUT2D eigenvalue weighted by Gasteiger charge is 2.33. The molecular formula is C3H5ClN2O. The predicted molar refractivity (Wildman–Crippen MR) is 25.8 cm³/mol. The third-order valence-corrected chi connectivity index (χ3v) is 1.28. The Bertz CT molecular complexity index is 105. The summed E-state index contributed by atoms with van der Waals surface area (Å²) in [5.74, 6) is -0.167. The predicted octanol–water partition coefficient (Wildman–Crippen LogP) is -0.992. The number of carbonyl (C=O) groups excluding carboxylic acids is 1. The zero-order valence-corrected chi connectivity index (χ0v) is 4.27. The number of rotatable bonds is 0. The van der Waals surface area contributed by atoms with Gasteiger partial charge in [-0.3, -0.25) is 4.79 Å². The topological polar surface area (TPSA) is 55.1 Å². The van der Waals surface area contributed by atoms with E-state index >= 15 is 0 Å². The first-order chi connectivity index (χ1) is 3.22. The van der Waals surface area contributed by atoms with Crippen LogP contribution in [-0.2, 0) is 4.79 Å². The molecular weight excluding hydrogens is 115 g/mol. The molecule has 4 heteroatoms. The Kier molecular flexibility index (Phi) is 0.938. The number of halogens is 1. The summed E-state index contributed by atoms with van der Waals surface area (Å²) in [5, 5.41) is 2.36. The molecule has 1 aliphatic rings. The van der Waals surface area contributed by atoms with Crippen molar-refractivity contribution in [1.82, 2.24) is 5.32 Å². The Balaban J connectivity index is 2.43. The van der Waals surface area contributed by atoms with Gasteiger partial charge < -0.3 is 11.1 Å². The SMILES string of the molecule is NC1C(=O)NC1Cl. The van der Waals surface area contributed by atoms with Gasteiger partial charge in [-0.15, -0.1) is 0 Å². The van der Waals surface area contributed by atoms with Crippen LogP contribution < -0.4 is 11.1 Å². The second kappa shape index (κ2) is 1.35. The number of hydrogen-bond acceptors (Lipinski definition) is 2. The highest BCUT2D eigenvalue weighted by molar-refractivity contribution is 6.26. The van der Waals surface area contributed by atoms with E-state index in [2.05, 4.69) is 5.32 Å². The fourth-order valence-corrected chi connectivity index (χ4v) is 0.581. The number of hydrogen-bond donors (Lipinski definition) is 2. The van der Waals surface area contributed by atoms with Gasteiger partial charge in [-0.1, -0.05) is 11.6 Å². The second-order valence-electron chi connectivity index (χ2n) is 1.44. The Hall–Kier alpha value is -0.280. The number of amides is 1. The van der Waals surface area contributed by atoms with E-state index in [1.54, 1.807) is 0 Å². The molecule has 7 heavy (non-hydrogen) atoms. The molecule has 1 saturated heterocycles. The zero-order valence-electron chi connectivity index (χ0n) is 3.52. The van der Waals surface area contributed by atoms with Crippen molar-refractivity contribution in [2.24, 2.45) is 5.73 Å². The lowest BCUT2D eigenvalue weighted by Crippen LogP contribution is -2.63. The third kappa shape index (κ3) is 0.576. The van der Waals surface area contributed by atoms with Crippen molar-refractivity contribution in [3.8, 4) is 0 Å². The second-order valence-corrected chi connectivity index (χ2v) is 1.91. The average Bonchev–Trinajstić information content (AvgIpc) is 1.68. The molecule has 1 fully saturated rings. The largest absolute Gasteiger partial charge is 0.337 e. The van der Waals surface area contributed by atoms with Crippen LogP contribution in [0.2, 0.25) is 0 Å². The summed E-state index contributed by atoms with van der Waals surface area (Å²) >= 11 is 5.34. The maximum atomic E-state index is 10.1. The van der Waals surface area contributed by atoms with E-state index in [1.165, 1.54) is 0 Å². The maximum Gasteiger partial charge on any atom is 0.241 e. The molecule has 40 valence electrons. The van der Waals surface area contributed by atoms with Crippen molar-refractivity contribution in [1.29, 1.82) is 0 Å². The van der Waals surface area contributed by atoms with Gasteiger partial charge in [0, 0.05) is 0 Å². The maximum absolute atomic E-state index is 10.1. The average molecular weight is 121 g/mol. The van der Waals surface area contributed by atoms with Crippen molar-refractivity contribution in [3.05, 3.63) is 0 Å². The summed E-state index contributed by atoms with van der Waals surface area (Å²) in [5.41, 5.74) is 4.78. The molecule has 1 amide bonds. The van der Waals surface area contributed by atoms with Crippen LogP contribution in [-0.4, -0.2) is 17.5 Å². The van der Waals surface area contributed by atoms with Crippen LogP contribution in [0.1, 0.15) is 0 Å². The van der Waals surface area contributed by atoms with E-state index < -0.39 is 6.04 Å². The summed E-state index contributed by atoms with van der Waals surface area (Å²) in [6.45, 7) is 0. The third-order valence-electron chi connectivity index (χ3n) is 0.898. The highest BCUT2D eigenvalue weighted by atomic mass is 35.5. The minimum absolute atomic E-state index is 0.167. The minimum Gasteiger partial charge on any atom is -0.337 e. The lowest BCUT2D eigenvalue weighted by Gasteiger charge is -2.27.